The second kappa shape index (κ2) is 3.51. The molecule has 2 saturated carbocycles. The summed E-state index contributed by atoms with van der Waals surface area (Å²) in [5.41, 5.74) is 0.690. The molecule has 16 heavy (non-hydrogen) atoms. The summed E-state index contributed by atoms with van der Waals surface area (Å²) in [4.78, 5) is 11.9. The van der Waals surface area contributed by atoms with Gasteiger partial charge in [-0.2, -0.15) is 0 Å². The second-order valence-corrected chi connectivity index (χ2v) is 4.82. The SMILES string of the molecule is O=C(Nc1cccc(O)c1)C1C2CCCC21. The minimum atomic E-state index is 0.125. The fourth-order valence-corrected chi connectivity index (χ4v) is 3.02. The molecule has 3 nitrogen and oxygen atoms in total. The van der Waals surface area contributed by atoms with E-state index in [1.165, 1.54) is 19.3 Å². The van der Waals surface area contributed by atoms with E-state index in [0.717, 1.165) is 0 Å². The normalized spacial score (nSPS) is 30.9. The van der Waals surface area contributed by atoms with E-state index in [9.17, 15) is 9.90 Å². The lowest BCUT2D eigenvalue weighted by Crippen LogP contribution is -2.16. The zero-order valence-corrected chi connectivity index (χ0v) is 9.02. The van der Waals surface area contributed by atoms with Crippen molar-refractivity contribution in [3.8, 4) is 5.75 Å². The molecule has 2 aliphatic carbocycles. The Labute approximate surface area is 94.5 Å². The molecule has 2 fully saturated rings. The van der Waals surface area contributed by atoms with Crippen LogP contribution in [0.1, 0.15) is 19.3 Å². The maximum Gasteiger partial charge on any atom is 0.228 e. The van der Waals surface area contributed by atoms with E-state index in [2.05, 4.69) is 5.32 Å². The number of carbonyl (C=O) groups is 1. The molecule has 3 rings (SSSR count). The van der Waals surface area contributed by atoms with Gasteiger partial charge in [0, 0.05) is 17.7 Å². The van der Waals surface area contributed by atoms with E-state index in [4.69, 9.17) is 0 Å². The maximum atomic E-state index is 11.9. The Morgan fingerprint density at radius 1 is 1.31 bits per heavy atom. The van der Waals surface area contributed by atoms with Gasteiger partial charge in [-0.1, -0.05) is 12.5 Å². The fourth-order valence-electron chi connectivity index (χ4n) is 3.02. The topological polar surface area (TPSA) is 49.3 Å². The van der Waals surface area contributed by atoms with Gasteiger partial charge in [0.2, 0.25) is 5.91 Å². The number of amides is 1. The summed E-state index contributed by atoms with van der Waals surface area (Å²) < 4.78 is 0. The van der Waals surface area contributed by atoms with Gasteiger partial charge in [0.05, 0.1) is 0 Å². The number of rotatable bonds is 2. The van der Waals surface area contributed by atoms with Crippen LogP contribution in [0, 0.1) is 17.8 Å². The summed E-state index contributed by atoms with van der Waals surface area (Å²) in [6.45, 7) is 0. The smallest absolute Gasteiger partial charge is 0.228 e. The summed E-state index contributed by atoms with van der Waals surface area (Å²) in [5.74, 6) is 1.82. The van der Waals surface area contributed by atoms with Crippen molar-refractivity contribution in [2.75, 3.05) is 5.32 Å². The molecule has 0 saturated heterocycles. The molecule has 2 unspecified atom stereocenters. The van der Waals surface area contributed by atoms with Crippen LogP contribution in [-0.2, 0) is 4.79 Å². The summed E-state index contributed by atoms with van der Waals surface area (Å²) in [6.07, 6.45) is 3.71. The Morgan fingerprint density at radius 2 is 2.06 bits per heavy atom. The molecule has 3 heteroatoms. The van der Waals surface area contributed by atoms with Crippen molar-refractivity contribution in [3.63, 3.8) is 0 Å². The number of hydrogen-bond acceptors (Lipinski definition) is 2. The Morgan fingerprint density at radius 3 is 2.75 bits per heavy atom. The van der Waals surface area contributed by atoms with E-state index in [1.54, 1.807) is 24.3 Å². The third-order valence-electron chi connectivity index (χ3n) is 3.82. The quantitative estimate of drug-likeness (QED) is 0.799. The van der Waals surface area contributed by atoms with Crippen LogP contribution in [-0.4, -0.2) is 11.0 Å². The van der Waals surface area contributed by atoms with Gasteiger partial charge >= 0.3 is 0 Å². The summed E-state index contributed by atoms with van der Waals surface area (Å²) >= 11 is 0. The molecule has 1 aromatic rings. The second-order valence-electron chi connectivity index (χ2n) is 4.82. The Balaban J connectivity index is 1.65. The van der Waals surface area contributed by atoms with Gasteiger partial charge in [-0.05, 0) is 36.8 Å². The van der Waals surface area contributed by atoms with Gasteiger partial charge in [-0.3, -0.25) is 4.79 Å². The first-order valence-corrected chi connectivity index (χ1v) is 5.85. The Bertz CT molecular complexity index is 420. The van der Waals surface area contributed by atoms with Crippen molar-refractivity contribution >= 4 is 11.6 Å². The third kappa shape index (κ3) is 1.56. The molecule has 2 aliphatic rings. The monoisotopic (exact) mass is 217 g/mol. The van der Waals surface area contributed by atoms with Crippen LogP contribution in [0.4, 0.5) is 5.69 Å². The number of anilines is 1. The standard InChI is InChI=1S/C13H15NO2/c15-9-4-1-3-8(7-9)14-13(16)12-10-5-2-6-11(10)12/h1,3-4,7,10-12,15H,2,5-6H2,(H,14,16). The molecular weight excluding hydrogens is 202 g/mol. The molecule has 0 heterocycles. The number of hydrogen-bond donors (Lipinski definition) is 2. The fraction of sp³-hybridized carbons (Fsp3) is 0.462. The highest BCUT2D eigenvalue weighted by atomic mass is 16.3. The lowest BCUT2D eigenvalue weighted by atomic mass is 10.1. The van der Waals surface area contributed by atoms with Gasteiger partial charge in [-0.15, -0.1) is 0 Å². The molecule has 1 amide bonds. The van der Waals surface area contributed by atoms with Gasteiger partial charge in [0.25, 0.3) is 0 Å². The molecule has 0 bridgehead atoms. The Kier molecular flexibility index (Phi) is 2.13. The number of fused-ring (bicyclic) bond motifs is 1. The van der Waals surface area contributed by atoms with Crippen LogP contribution in [0.2, 0.25) is 0 Å². The predicted octanol–water partition coefficient (Wildman–Crippen LogP) is 2.38. The summed E-state index contributed by atoms with van der Waals surface area (Å²) in [7, 11) is 0. The van der Waals surface area contributed by atoms with E-state index in [1.807, 2.05) is 0 Å². The summed E-state index contributed by atoms with van der Waals surface area (Å²) in [6, 6.07) is 6.71. The van der Waals surface area contributed by atoms with Gasteiger partial charge < -0.3 is 10.4 Å². The average Bonchev–Trinajstić information content (AvgIpc) is 2.73. The number of carbonyl (C=O) groups excluding carboxylic acids is 1. The van der Waals surface area contributed by atoms with Crippen LogP contribution < -0.4 is 5.32 Å². The largest absolute Gasteiger partial charge is 0.508 e. The molecule has 2 atom stereocenters. The molecule has 0 spiro atoms. The van der Waals surface area contributed by atoms with Crippen LogP contribution in [0.25, 0.3) is 0 Å². The number of phenolic OH excluding ortho intramolecular Hbond substituents is 1. The first kappa shape index (κ1) is 9.70. The molecule has 2 N–H and O–H groups in total. The average molecular weight is 217 g/mol. The van der Waals surface area contributed by atoms with Crippen LogP contribution >= 0.6 is 0 Å². The van der Waals surface area contributed by atoms with Gasteiger partial charge in [-0.25, -0.2) is 0 Å². The van der Waals surface area contributed by atoms with Crippen molar-refractivity contribution in [3.05, 3.63) is 24.3 Å². The summed E-state index contributed by atoms with van der Waals surface area (Å²) in [5, 5.41) is 12.2. The van der Waals surface area contributed by atoms with Crippen molar-refractivity contribution in [2.45, 2.75) is 19.3 Å². The van der Waals surface area contributed by atoms with Gasteiger partial charge in [0.15, 0.2) is 0 Å². The number of aromatic hydroxyl groups is 1. The van der Waals surface area contributed by atoms with Crippen molar-refractivity contribution in [1.29, 1.82) is 0 Å². The van der Waals surface area contributed by atoms with E-state index >= 15 is 0 Å². The highest BCUT2D eigenvalue weighted by Crippen LogP contribution is 2.57. The first-order chi connectivity index (χ1) is 7.75. The maximum absolute atomic E-state index is 11.9. The van der Waals surface area contributed by atoms with Gasteiger partial charge in [0.1, 0.15) is 5.75 Å². The van der Waals surface area contributed by atoms with Crippen molar-refractivity contribution in [1.82, 2.24) is 0 Å². The number of phenols is 1. The van der Waals surface area contributed by atoms with Crippen molar-refractivity contribution < 1.29 is 9.90 Å². The number of nitrogens with one attached hydrogen (secondary N) is 1. The Hall–Kier alpha value is -1.51. The minimum Gasteiger partial charge on any atom is -0.508 e. The molecule has 0 aliphatic heterocycles. The van der Waals surface area contributed by atoms with E-state index in [0.29, 0.717) is 17.5 Å². The number of benzene rings is 1. The van der Waals surface area contributed by atoms with Crippen LogP contribution in [0.3, 0.4) is 0 Å². The van der Waals surface area contributed by atoms with Crippen LogP contribution in [0.5, 0.6) is 5.75 Å². The third-order valence-corrected chi connectivity index (χ3v) is 3.82. The van der Waals surface area contributed by atoms with E-state index in [-0.39, 0.29) is 17.6 Å². The molecule has 1 aromatic carbocycles. The first-order valence-electron chi connectivity index (χ1n) is 5.85. The lowest BCUT2D eigenvalue weighted by Gasteiger charge is -2.06. The van der Waals surface area contributed by atoms with Crippen LogP contribution in [0.15, 0.2) is 24.3 Å². The molecular formula is C13H15NO2. The zero-order chi connectivity index (χ0) is 11.1. The molecule has 0 radical (unpaired) electrons. The predicted molar refractivity (Wildman–Crippen MR) is 61.1 cm³/mol. The van der Waals surface area contributed by atoms with Crippen molar-refractivity contribution in [2.24, 2.45) is 17.8 Å². The van der Waals surface area contributed by atoms with E-state index < -0.39 is 0 Å². The highest BCUT2D eigenvalue weighted by Gasteiger charge is 2.56. The molecule has 0 aromatic heterocycles. The molecule has 84 valence electrons. The minimum absolute atomic E-state index is 0.125. The lowest BCUT2D eigenvalue weighted by molar-refractivity contribution is -0.118. The highest BCUT2D eigenvalue weighted by molar-refractivity contribution is 5.95. The zero-order valence-electron chi connectivity index (χ0n) is 9.02.